The third-order valence-corrected chi connectivity index (χ3v) is 4.95. The van der Waals surface area contributed by atoms with E-state index < -0.39 is 0 Å². The summed E-state index contributed by atoms with van der Waals surface area (Å²) < 4.78 is 11.7. The van der Waals surface area contributed by atoms with Crippen molar-refractivity contribution in [3.8, 4) is 22.8 Å². The van der Waals surface area contributed by atoms with E-state index in [0.717, 1.165) is 37.1 Å². The molecule has 1 atom stereocenters. The lowest BCUT2D eigenvalue weighted by Crippen LogP contribution is -2.45. The van der Waals surface area contributed by atoms with E-state index in [1.54, 1.807) is 7.11 Å². The van der Waals surface area contributed by atoms with Gasteiger partial charge >= 0.3 is 0 Å². The van der Waals surface area contributed by atoms with Crippen LogP contribution in [0, 0.1) is 0 Å². The molecule has 0 saturated carbocycles. The number of carbonyl (C=O) groups is 1. The number of likely N-dealkylation sites (tertiary alicyclic amines) is 1. The van der Waals surface area contributed by atoms with Gasteiger partial charge in [-0.15, -0.1) is 0 Å². The molecule has 1 fully saturated rings. The van der Waals surface area contributed by atoms with E-state index in [9.17, 15) is 9.59 Å². The van der Waals surface area contributed by atoms with Crippen LogP contribution in [0.1, 0.15) is 26.2 Å². The molecule has 3 rings (SSSR count). The van der Waals surface area contributed by atoms with Crippen molar-refractivity contribution >= 4 is 5.91 Å². The Hall–Kier alpha value is -2.83. The Balaban J connectivity index is 1.91. The molecule has 0 radical (unpaired) electrons. The number of carbonyl (C=O) groups excluding carboxylic acids is 1. The topological polar surface area (TPSA) is 73.7 Å². The first-order valence-corrected chi connectivity index (χ1v) is 9.13. The summed E-state index contributed by atoms with van der Waals surface area (Å²) in [6.07, 6.45) is 3.12. The van der Waals surface area contributed by atoms with Crippen LogP contribution in [-0.2, 0) is 11.3 Å². The van der Waals surface area contributed by atoms with E-state index in [1.165, 1.54) is 17.9 Å². The van der Waals surface area contributed by atoms with E-state index in [1.807, 2.05) is 36.1 Å². The maximum atomic E-state index is 12.7. The number of rotatable bonds is 5. The zero-order valence-electron chi connectivity index (χ0n) is 16.0. The number of piperidine rings is 1. The summed E-state index contributed by atoms with van der Waals surface area (Å²) in [6.45, 7) is 2.70. The quantitative estimate of drug-likeness (QED) is 0.806. The summed E-state index contributed by atoms with van der Waals surface area (Å²) in [5.74, 6) is 1.02. The molecule has 1 aromatic heterocycles. The van der Waals surface area contributed by atoms with Gasteiger partial charge in [0.25, 0.3) is 5.56 Å². The molecule has 7 heteroatoms. The third kappa shape index (κ3) is 4.13. The number of amides is 1. The van der Waals surface area contributed by atoms with Gasteiger partial charge in [-0.2, -0.15) is 5.10 Å². The second kappa shape index (κ2) is 8.24. The number of hydrogen-bond donors (Lipinski definition) is 0. The highest BCUT2D eigenvalue weighted by Gasteiger charge is 2.24. The second-order valence-electron chi connectivity index (χ2n) is 6.72. The minimum atomic E-state index is -0.359. The molecule has 0 aliphatic carbocycles. The normalized spacial score (nSPS) is 16.9. The molecule has 0 bridgehead atoms. The molecule has 2 heterocycles. The fourth-order valence-electron chi connectivity index (χ4n) is 3.38. The van der Waals surface area contributed by atoms with Crippen LogP contribution in [0.15, 0.2) is 35.1 Å². The van der Waals surface area contributed by atoms with Gasteiger partial charge in [-0.1, -0.05) is 0 Å². The zero-order chi connectivity index (χ0) is 19.4. The maximum Gasteiger partial charge on any atom is 0.270 e. The van der Waals surface area contributed by atoms with Crippen molar-refractivity contribution in [3.63, 3.8) is 0 Å². The summed E-state index contributed by atoms with van der Waals surface area (Å²) in [7, 11) is 3.09. The summed E-state index contributed by atoms with van der Waals surface area (Å²) >= 11 is 0. The molecule has 1 aliphatic rings. The van der Waals surface area contributed by atoms with Gasteiger partial charge in [0.15, 0.2) is 5.75 Å². The first kappa shape index (κ1) is 18.9. The molecule has 144 valence electrons. The van der Waals surface area contributed by atoms with Crippen LogP contribution in [-0.4, -0.2) is 47.4 Å². The summed E-state index contributed by atoms with van der Waals surface area (Å²) in [4.78, 5) is 26.9. The first-order chi connectivity index (χ1) is 13.0. The van der Waals surface area contributed by atoms with Crippen LogP contribution in [0.5, 0.6) is 11.5 Å². The molecule has 0 spiro atoms. The molecule has 0 N–H and O–H groups in total. The van der Waals surface area contributed by atoms with Gasteiger partial charge in [0.1, 0.15) is 18.0 Å². The minimum Gasteiger partial charge on any atom is -0.497 e. The van der Waals surface area contributed by atoms with Gasteiger partial charge in [0.2, 0.25) is 5.91 Å². The van der Waals surface area contributed by atoms with Crippen LogP contribution in [0.3, 0.4) is 0 Å². The monoisotopic (exact) mass is 371 g/mol. The largest absolute Gasteiger partial charge is 0.497 e. The number of methoxy groups -OCH3 is 2. The smallest absolute Gasteiger partial charge is 0.270 e. The van der Waals surface area contributed by atoms with Gasteiger partial charge in [-0.05, 0) is 50.5 Å². The lowest BCUT2D eigenvalue weighted by Gasteiger charge is -2.33. The summed E-state index contributed by atoms with van der Waals surface area (Å²) in [5.41, 5.74) is 0.932. The highest BCUT2D eigenvalue weighted by molar-refractivity contribution is 5.76. The van der Waals surface area contributed by atoms with Gasteiger partial charge in [0.05, 0.1) is 14.2 Å². The number of aromatic nitrogens is 2. The van der Waals surface area contributed by atoms with Crippen LogP contribution in [0.4, 0.5) is 0 Å². The number of hydrogen-bond acceptors (Lipinski definition) is 5. The van der Waals surface area contributed by atoms with Crippen LogP contribution in [0.25, 0.3) is 11.3 Å². The Morgan fingerprint density at radius 2 is 1.93 bits per heavy atom. The SMILES string of the molecule is COc1ccc(-c2nn(CC(=O)N3CCCCC3C)c(=O)cc2OC)cc1. The van der Waals surface area contributed by atoms with E-state index in [4.69, 9.17) is 9.47 Å². The Morgan fingerprint density at radius 1 is 1.19 bits per heavy atom. The van der Waals surface area contributed by atoms with Crippen molar-refractivity contribution in [1.29, 1.82) is 0 Å². The van der Waals surface area contributed by atoms with Gasteiger partial charge in [0, 0.05) is 24.2 Å². The zero-order valence-corrected chi connectivity index (χ0v) is 16.0. The molecule has 1 aromatic carbocycles. The highest BCUT2D eigenvalue weighted by Crippen LogP contribution is 2.27. The standard InChI is InChI=1S/C20H25N3O4/c1-14-6-4-5-11-22(14)19(25)13-23-18(24)12-17(27-3)20(21-23)15-7-9-16(26-2)10-8-15/h7-10,12,14H,4-6,11,13H2,1-3H3. The van der Waals surface area contributed by atoms with Crippen LogP contribution >= 0.6 is 0 Å². The average molecular weight is 371 g/mol. The second-order valence-corrected chi connectivity index (χ2v) is 6.72. The third-order valence-electron chi connectivity index (χ3n) is 4.95. The predicted octanol–water partition coefficient (Wildman–Crippen LogP) is 2.33. The van der Waals surface area contributed by atoms with Gasteiger partial charge < -0.3 is 14.4 Å². The molecule has 7 nitrogen and oxygen atoms in total. The van der Waals surface area contributed by atoms with Crippen molar-refractivity contribution in [3.05, 3.63) is 40.7 Å². The number of nitrogens with zero attached hydrogens (tertiary/aromatic N) is 3. The highest BCUT2D eigenvalue weighted by atomic mass is 16.5. The minimum absolute atomic E-state index is 0.0731. The fraction of sp³-hybridized carbons (Fsp3) is 0.450. The summed E-state index contributed by atoms with van der Waals surface area (Å²) in [6, 6.07) is 8.87. The molecule has 1 unspecified atom stereocenters. The average Bonchev–Trinajstić information content (AvgIpc) is 2.69. The fourth-order valence-corrected chi connectivity index (χ4v) is 3.38. The van der Waals surface area contributed by atoms with Crippen LogP contribution < -0.4 is 15.0 Å². The van der Waals surface area contributed by atoms with E-state index in [0.29, 0.717) is 11.4 Å². The van der Waals surface area contributed by atoms with Crippen LogP contribution in [0.2, 0.25) is 0 Å². The van der Waals surface area contributed by atoms with E-state index >= 15 is 0 Å². The van der Waals surface area contributed by atoms with E-state index in [2.05, 4.69) is 5.10 Å². The maximum absolute atomic E-state index is 12.7. The van der Waals surface area contributed by atoms with Crippen molar-refractivity contribution in [2.75, 3.05) is 20.8 Å². The Kier molecular flexibility index (Phi) is 5.78. The Morgan fingerprint density at radius 3 is 2.56 bits per heavy atom. The van der Waals surface area contributed by atoms with Gasteiger partial charge in [-0.3, -0.25) is 9.59 Å². The predicted molar refractivity (Wildman–Crippen MR) is 102 cm³/mol. The molecule has 27 heavy (non-hydrogen) atoms. The lowest BCUT2D eigenvalue weighted by molar-refractivity contribution is -0.135. The Labute approximate surface area is 158 Å². The molecular formula is C20H25N3O4. The first-order valence-electron chi connectivity index (χ1n) is 9.13. The lowest BCUT2D eigenvalue weighted by atomic mass is 10.0. The molecule has 1 saturated heterocycles. The number of benzene rings is 1. The molecule has 1 aliphatic heterocycles. The molecule has 1 amide bonds. The van der Waals surface area contributed by atoms with Crippen molar-refractivity contribution in [1.82, 2.24) is 14.7 Å². The van der Waals surface area contributed by atoms with Crippen molar-refractivity contribution in [2.24, 2.45) is 0 Å². The summed E-state index contributed by atoms with van der Waals surface area (Å²) in [5, 5.41) is 4.42. The number of ether oxygens (including phenoxy) is 2. The Bertz CT molecular complexity index is 861. The van der Waals surface area contributed by atoms with Crippen molar-refractivity contribution < 1.29 is 14.3 Å². The van der Waals surface area contributed by atoms with Crippen molar-refractivity contribution in [2.45, 2.75) is 38.8 Å². The van der Waals surface area contributed by atoms with Gasteiger partial charge in [-0.25, -0.2) is 4.68 Å². The van der Waals surface area contributed by atoms with E-state index in [-0.39, 0.29) is 24.1 Å². The molecule has 2 aromatic rings. The molecular weight excluding hydrogens is 346 g/mol.